The van der Waals surface area contributed by atoms with Gasteiger partial charge in [0.2, 0.25) is 0 Å². The molecule has 1 saturated carbocycles. The summed E-state index contributed by atoms with van der Waals surface area (Å²) in [7, 11) is 0. The Balaban J connectivity index is 1.44. The van der Waals surface area contributed by atoms with Gasteiger partial charge >= 0.3 is 0 Å². The minimum Gasteiger partial charge on any atom is -0.394 e. The van der Waals surface area contributed by atoms with E-state index < -0.39 is 67.6 Å². The van der Waals surface area contributed by atoms with Gasteiger partial charge < -0.3 is 55.1 Å². The number of ether oxygens (including phenoxy) is 2. The molecule has 0 aromatic carbocycles. The molecule has 1 saturated heterocycles. The van der Waals surface area contributed by atoms with E-state index in [0.717, 1.165) is 0 Å². The van der Waals surface area contributed by atoms with E-state index in [1.807, 2.05) is 0 Å². The summed E-state index contributed by atoms with van der Waals surface area (Å²) < 4.78 is 12.5. The van der Waals surface area contributed by atoms with Crippen LogP contribution in [0.1, 0.15) is 24.3 Å². The number of hydrogen-bond acceptors (Lipinski definition) is 12. The molecule has 0 amide bonds. The second-order valence-electron chi connectivity index (χ2n) is 8.11. The zero-order valence-corrected chi connectivity index (χ0v) is 16.5. The molecule has 1 aromatic rings. The molecular formula is C18H28N4O9. The molecule has 13 heteroatoms. The fourth-order valence-electron chi connectivity index (χ4n) is 4.33. The van der Waals surface area contributed by atoms with Gasteiger partial charge in [0.1, 0.15) is 48.1 Å². The molecule has 0 radical (unpaired) electrons. The standard InChI is InChI=1S/C18H28N4O9/c23-3-10-14(27)15(28)16(29)18(31-10)30-4-7-1-8(13(26)12(7)25)22-6-21-11-9(24)2-19-5-20-17(11)22/h5-10,12-16,18,23-29H,1-4H2,(H,19,20)/t7-,8-,9-,10+,12-,13+,14+,15-,16+,18+/m1/s1. The number of hydrogen-bond donors (Lipinski definition) is 8. The maximum Gasteiger partial charge on any atom is 0.186 e. The van der Waals surface area contributed by atoms with Crippen molar-refractivity contribution >= 4 is 12.2 Å². The Hall–Kier alpha value is -1.68. The van der Waals surface area contributed by atoms with Crippen LogP contribution in [0, 0.1) is 5.92 Å². The van der Waals surface area contributed by atoms with E-state index in [2.05, 4.69) is 15.3 Å². The van der Waals surface area contributed by atoms with Gasteiger partial charge in [-0.25, -0.2) is 4.98 Å². The molecule has 1 aliphatic carbocycles. The van der Waals surface area contributed by atoms with Crippen molar-refractivity contribution in [2.24, 2.45) is 10.9 Å². The third-order valence-corrected chi connectivity index (χ3v) is 6.16. The number of aromatic nitrogens is 2. The molecule has 174 valence electrons. The number of nitrogens with zero attached hydrogens (tertiary/aromatic N) is 3. The fourth-order valence-corrected chi connectivity index (χ4v) is 4.33. The number of rotatable bonds is 5. The number of anilines is 1. The van der Waals surface area contributed by atoms with Crippen LogP contribution in [0.4, 0.5) is 5.82 Å². The Morgan fingerprint density at radius 1 is 1.06 bits per heavy atom. The van der Waals surface area contributed by atoms with Gasteiger partial charge in [0.25, 0.3) is 0 Å². The zero-order chi connectivity index (χ0) is 22.3. The molecule has 4 rings (SSSR count). The second-order valence-corrected chi connectivity index (χ2v) is 8.11. The lowest BCUT2D eigenvalue weighted by molar-refractivity contribution is -0.304. The van der Waals surface area contributed by atoms with Gasteiger partial charge in [-0.3, -0.25) is 4.99 Å². The van der Waals surface area contributed by atoms with Gasteiger partial charge in [-0.2, -0.15) is 0 Å². The van der Waals surface area contributed by atoms with Crippen LogP contribution in [0.25, 0.3) is 0 Å². The monoisotopic (exact) mass is 444 g/mol. The zero-order valence-electron chi connectivity index (χ0n) is 16.5. The number of aliphatic imine (C=N–C) groups is 1. The van der Waals surface area contributed by atoms with Crippen LogP contribution in [0.2, 0.25) is 0 Å². The van der Waals surface area contributed by atoms with E-state index in [1.54, 1.807) is 4.57 Å². The van der Waals surface area contributed by atoms with Crippen molar-refractivity contribution in [3.63, 3.8) is 0 Å². The van der Waals surface area contributed by atoms with Crippen molar-refractivity contribution in [3.8, 4) is 0 Å². The molecule has 13 nitrogen and oxygen atoms in total. The molecule has 2 aliphatic heterocycles. The van der Waals surface area contributed by atoms with E-state index in [0.29, 0.717) is 11.5 Å². The molecule has 10 atom stereocenters. The van der Waals surface area contributed by atoms with Crippen LogP contribution in [0.5, 0.6) is 0 Å². The van der Waals surface area contributed by atoms with Crippen LogP contribution < -0.4 is 5.32 Å². The smallest absolute Gasteiger partial charge is 0.186 e. The summed E-state index contributed by atoms with van der Waals surface area (Å²) in [6, 6.07) is -0.569. The number of fused-ring (bicyclic) bond motifs is 1. The third-order valence-electron chi connectivity index (χ3n) is 6.16. The third kappa shape index (κ3) is 4.08. The van der Waals surface area contributed by atoms with Crippen molar-refractivity contribution < 1.29 is 45.2 Å². The largest absolute Gasteiger partial charge is 0.394 e. The van der Waals surface area contributed by atoms with E-state index in [4.69, 9.17) is 9.47 Å². The van der Waals surface area contributed by atoms with E-state index in [9.17, 15) is 35.7 Å². The molecule has 8 N–H and O–H groups in total. The van der Waals surface area contributed by atoms with Crippen molar-refractivity contribution in [2.75, 3.05) is 25.1 Å². The van der Waals surface area contributed by atoms with Crippen LogP contribution >= 0.6 is 0 Å². The summed E-state index contributed by atoms with van der Waals surface area (Å²) in [4.78, 5) is 8.21. The molecule has 0 bridgehead atoms. The van der Waals surface area contributed by atoms with E-state index >= 15 is 0 Å². The SMILES string of the molecule is OC[C@@H]1O[C@H](OC[C@H]2C[C@@H](n3cnc4c3NC=NC[C@H]4O)[C@H](O)[C@@H]2O)[C@@H](O)[C@H](O)[C@H]1O. The molecular weight excluding hydrogens is 416 g/mol. The minimum absolute atomic E-state index is 0.119. The first-order chi connectivity index (χ1) is 14.8. The van der Waals surface area contributed by atoms with Crippen molar-refractivity contribution in [2.45, 2.75) is 61.5 Å². The molecule has 2 fully saturated rings. The Labute approximate surface area is 177 Å². The lowest BCUT2D eigenvalue weighted by atomic mass is 9.99. The Morgan fingerprint density at radius 2 is 1.84 bits per heavy atom. The average Bonchev–Trinajstić information content (AvgIpc) is 3.24. The van der Waals surface area contributed by atoms with Gasteiger partial charge in [0.05, 0.1) is 44.6 Å². The Morgan fingerprint density at radius 3 is 2.58 bits per heavy atom. The molecule has 3 aliphatic rings. The van der Waals surface area contributed by atoms with Gasteiger partial charge in [0, 0.05) is 5.92 Å². The van der Waals surface area contributed by atoms with Gasteiger partial charge in [-0.15, -0.1) is 0 Å². The first-order valence-corrected chi connectivity index (χ1v) is 10.1. The summed E-state index contributed by atoms with van der Waals surface area (Å²) in [5.41, 5.74) is 0.389. The number of nitrogens with one attached hydrogen (secondary N) is 1. The summed E-state index contributed by atoms with van der Waals surface area (Å²) in [5, 5.41) is 73.3. The van der Waals surface area contributed by atoms with Crippen LogP contribution in [-0.2, 0) is 9.47 Å². The molecule has 1 aromatic heterocycles. The van der Waals surface area contributed by atoms with Gasteiger partial charge in [-0.1, -0.05) is 0 Å². The maximum absolute atomic E-state index is 10.6. The normalized spacial score (nSPS) is 42.8. The highest BCUT2D eigenvalue weighted by atomic mass is 16.7. The highest BCUT2D eigenvalue weighted by molar-refractivity contribution is 5.76. The minimum atomic E-state index is -1.57. The summed E-state index contributed by atoms with van der Waals surface area (Å²) in [5.74, 6) is -0.0738. The molecule has 3 heterocycles. The second kappa shape index (κ2) is 9.05. The van der Waals surface area contributed by atoms with E-state index in [1.165, 1.54) is 12.7 Å². The maximum atomic E-state index is 10.6. The number of aliphatic hydroxyl groups is 7. The highest BCUT2D eigenvalue weighted by Gasteiger charge is 2.47. The topological polar surface area (TPSA) is 202 Å². The lowest BCUT2D eigenvalue weighted by Gasteiger charge is -2.40. The predicted molar refractivity (Wildman–Crippen MR) is 103 cm³/mol. The predicted octanol–water partition coefficient (Wildman–Crippen LogP) is -3.53. The summed E-state index contributed by atoms with van der Waals surface area (Å²) in [6.45, 7) is -0.542. The van der Waals surface area contributed by atoms with E-state index in [-0.39, 0.29) is 19.6 Å². The highest BCUT2D eigenvalue weighted by Crippen LogP contribution is 2.39. The fraction of sp³-hybridized carbons (Fsp3) is 0.778. The quantitative estimate of drug-likeness (QED) is 0.224. The summed E-state index contributed by atoms with van der Waals surface area (Å²) >= 11 is 0. The van der Waals surface area contributed by atoms with Crippen molar-refractivity contribution in [1.82, 2.24) is 9.55 Å². The average molecular weight is 444 g/mol. The van der Waals surface area contributed by atoms with Crippen LogP contribution in [0.3, 0.4) is 0 Å². The van der Waals surface area contributed by atoms with Crippen LogP contribution in [0.15, 0.2) is 11.3 Å². The van der Waals surface area contributed by atoms with Crippen LogP contribution in [-0.4, -0.2) is 114 Å². The number of imidazole rings is 1. The lowest BCUT2D eigenvalue weighted by Crippen LogP contribution is -2.59. The van der Waals surface area contributed by atoms with Gasteiger partial charge in [0.15, 0.2) is 6.29 Å². The molecule has 0 unspecified atom stereocenters. The Bertz CT molecular complexity index is 790. The molecule has 31 heavy (non-hydrogen) atoms. The van der Waals surface area contributed by atoms with Gasteiger partial charge in [-0.05, 0) is 6.42 Å². The molecule has 0 spiro atoms. The van der Waals surface area contributed by atoms with Crippen molar-refractivity contribution in [3.05, 3.63) is 12.0 Å². The first-order valence-electron chi connectivity index (χ1n) is 10.1. The van der Waals surface area contributed by atoms with Crippen molar-refractivity contribution in [1.29, 1.82) is 0 Å². The first kappa shape index (κ1) is 22.5. The summed E-state index contributed by atoms with van der Waals surface area (Å²) in [6.07, 6.45) is -7.04. The Kier molecular flexibility index (Phi) is 6.57. The number of aliphatic hydroxyl groups excluding tert-OH is 7.